The monoisotopic (exact) mass is 268 g/mol. The fourth-order valence-electron chi connectivity index (χ4n) is 1.09. The van der Waals surface area contributed by atoms with Gasteiger partial charge in [-0.25, -0.2) is 0 Å². The van der Waals surface area contributed by atoms with Crippen LogP contribution in [0.2, 0.25) is 0 Å². The zero-order valence-corrected chi connectivity index (χ0v) is 12.1. The molecule has 0 radical (unpaired) electrons. The minimum Gasteiger partial charge on any atom is -0.161 e. The summed E-state index contributed by atoms with van der Waals surface area (Å²) in [6.07, 6.45) is 1.41. The maximum atomic E-state index is 2.24. The second-order valence-electron chi connectivity index (χ2n) is 3.19. The number of rotatable bonds is 9. The van der Waals surface area contributed by atoms with E-state index in [9.17, 15) is 0 Å². The lowest BCUT2D eigenvalue weighted by atomic mass is 10.5. The first kappa shape index (κ1) is 13.5. The quantitative estimate of drug-likeness (QED) is 0.584. The van der Waals surface area contributed by atoms with Gasteiger partial charge in [-0.1, -0.05) is 6.92 Å². The predicted molar refractivity (Wildman–Crippen MR) is 78.5 cm³/mol. The molecular weight excluding hydrogens is 248 g/mol. The zero-order valence-electron chi connectivity index (χ0n) is 8.87. The van der Waals surface area contributed by atoms with Crippen LogP contribution in [0, 0.1) is 0 Å². The molecule has 1 aliphatic rings. The van der Waals surface area contributed by atoms with Crippen LogP contribution >= 0.6 is 47.0 Å². The Bertz CT molecular complexity index is 125. The summed E-state index contributed by atoms with van der Waals surface area (Å²) < 4.78 is 0. The topological polar surface area (TPSA) is 0 Å². The van der Waals surface area contributed by atoms with Crippen molar-refractivity contribution in [2.24, 2.45) is 0 Å². The van der Waals surface area contributed by atoms with E-state index in [4.69, 9.17) is 0 Å². The van der Waals surface area contributed by atoms with Gasteiger partial charge in [-0.05, 0) is 23.7 Å². The van der Waals surface area contributed by atoms with Crippen molar-refractivity contribution in [3.63, 3.8) is 0 Å². The van der Waals surface area contributed by atoms with Crippen molar-refractivity contribution in [1.29, 1.82) is 0 Å². The Kier molecular flexibility index (Phi) is 9.25. The Hall–Kier alpha value is 1.40. The lowest BCUT2D eigenvalue weighted by Gasteiger charge is -2.23. The van der Waals surface area contributed by atoms with Gasteiger partial charge in [0, 0.05) is 28.3 Å². The van der Waals surface area contributed by atoms with Gasteiger partial charge in [0.1, 0.15) is 0 Å². The normalized spacial score (nSPS) is 16.9. The first-order valence-corrected chi connectivity index (χ1v) is 9.79. The molecule has 0 N–H and O–H groups in total. The highest BCUT2D eigenvalue weighted by Crippen LogP contribution is 2.29. The van der Waals surface area contributed by atoms with E-state index in [0.717, 1.165) is 5.25 Å². The van der Waals surface area contributed by atoms with Crippen molar-refractivity contribution in [2.75, 3.05) is 40.3 Å². The van der Waals surface area contributed by atoms with Crippen molar-refractivity contribution >= 4 is 47.0 Å². The van der Waals surface area contributed by atoms with Crippen molar-refractivity contribution in [2.45, 2.75) is 18.6 Å². The largest absolute Gasteiger partial charge is 0.161 e. The summed E-state index contributed by atoms with van der Waals surface area (Å²) in [6.45, 7) is 2.24. The van der Waals surface area contributed by atoms with Crippen LogP contribution in [0.4, 0.5) is 0 Å². The van der Waals surface area contributed by atoms with Crippen LogP contribution in [0.1, 0.15) is 13.3 Å². The van der Waals surface area contributed by atoms with Crippen molar-refractivity contribution in [3.05, 3.63) is 0 Å². The van der Waals surface area contributed by atoms with E-state index in [1.807, 2.05) is 0 Å². The van der Waals surface area contributed by atoms with E-state index in [0.29, 0.717) is 0 Å². The molecule has 1 heterocycles. The molecule has 0 aromatic carbocycles. The van der Waals surface area contributed by atoms with Gasteiger partial charge in [-0.2, -0.15) is 47.0 Å². The highest BCUT2D eigenvalue weighted by atomic mass is 32.2. The van der Waals surface area contributed by atoms with Gasteiger partial charge in [-0.15, -0.1) is 0 Å². The van der Waals surface area contributed by atoms with Crippen LogP contribution in [0.15, 0.2) is 0 Å². The lowest BCUT2D eigenvalue weighted by Crippen LogP contribution is -2.21. The standard InChI is InChI=1S/C10H20S4/c1-2-11-6-7-12-4-3-5-14-10-8-13-9-10/h10H,2-9H2,1H3. The Morgan fingerprint density at radius 2 is 1.86 bits per heavy atom. The molecule has 0 aromatic rings. The summed E-state index contributed by atoms with van der Waals surface area (Å²) in [4.78, 5) is 0. The van der Waals surface area contributed by atoms with Gasteiger partial charge in [0.2, 0.25) is 0 Å². The first-order chi connectivity index (χ1) is 6.93. The van der Waals surface area contributed by atoms with Gasteiger partial charge in [0.25, 0.3) is 0 Å². The van der Waals surface area contributed by atoms with Crippen molar-refractivity contribution < 1.29 is 0 Å². The smallest absolute Gasteiger partial charge is 0.0228 e. The highest BCUT2D eigenvalue weighted by Gasteiger charge is 2.17. The van der Waals surface area contributed by atoms with Crippen LogP contribution < -0.4 is 0 Å². The van der Waals surface area contributed by atoms with Crippen molar-refractivity contribution in [3.8, 4) is 0 Å². The fraction of sp³-hybridized carbons (Fsp3) is 1.00. The van der Waals surface area contributed by atoms with Crippen molar-refractivity contribution in [1.82, 2.24) is 0 Å². The van der Waals surface area contributed by atoms with Gasteiger partial charge < -0.3 is 0 Å². The van der Waals surface area contributed by atoms with Crippen LogP contribution in [-0.4, -0.2) is 45.5 Å². The van der Waals surface area contributed by atoms with Gasteiger partial charge in [0.15, 0.2) is 0 Å². The molecule has 84 valence electrons. The summed E-state index contributed by atoms with van der Waals surface area (Å²) in [7, 11) is 0. The molecule has 0 amide bonds. The zero-order chi connectivity index (χ0) is 10.1. The van der Waals surface area contributed by atoms with Gasteiger partial charge in [0.05, 0.1) is 0 Å². The third-order valence-electron chi connectivity index (χ3n) is 1.97. The minimum atomic E-state index is 1.00. The number of hydrogen-bond donors (Lipinski definition) is 0. The molecule has 0 nitrogen and oxygen atoms in total. The second kappa shape index (κ2) is 9.61. The number of hydrogen-bond acceptors (Lipinski definition) is 4. The first-order valence-electron chi connectivity index (χ1n) is 5.28. The maximum Gasteiger partial charge on any atom is 0.0228 e. The minimum absolute atomic E-state index is 1.00. The highest BCUT2D eigenvalue weighted by molar-refractivity contribution is 8.07. The summed E-state index contributed by atoms with van der Waals surface area (Å²) in [5, 5.41) is 1.00. The fourth-order valence-corrected chi connectivity index (χ4v) is 5.47. The van der Waals surface area contributed by atoms with E-state index in [1.165, 1.54) is 46.7 Å². The van der Waals surface area contributed by atoms with Crippen LogP contribution in [0.3, 0.4) is 0 Å². The molecule has 1 rings (SSSR count). The molecule has 1 saturated heterocycles. The Labute approximate surface area is 106 Å². The Morgan fingerprint density at radius 1 is 1.07 bits per heavy atom. The molecule has 0 bridgehead atoms. The molecule has 4 heteroatoms. The summed E-state index contributed by atoms with van der Waals surface area (Å²) in [5.74, 6) is 9.54. The second-order valence-corrected chi connectivity index (χ2v) is 8.29. The molecule has 0 saturated carbocycles. The maximum absolute atomic E-state index is 2.24. The summed E-state index contributed by atoms with van der Waals surface area (Å²) in [6, 6.07) is 0. The third-order valence-corrected chi connectivity index (χ3v) is 7.23. The molecule has 0 atom stereocenters. The van der Waals surface area contributed by atoms with E-state index >= 15 is 0 Å². The van der Waals surface area contributed by atoms with Crippen LogP contribution in [-0.2, 0) is 0 Å². The molecule has 14 heavy (non-hydrogen) atoms. The molecule has 0 spiro atoms. The van der Waals surface area contributed by atoms with Gasteiger partial charge >= 0.3 is 0 Å². The lowest BCUT2D eigenvalue weighted by molar-refractivity contribution is 1.06. The third kappa shape index (κ3) is 6.81. The molecule has 0 aliphatic carbocycles. The molecule has 1 aliphatic heterocycles. The average molecular weight is 269 g/mol. The Balaban J connectivity index is 1.67. The summed E-state index contributed by atoms with van der Waals surface area (Å²) in [5.41, 5.74) is 0. The molecule has 0 aromatic heterocycles. The SMILES string of the molecule is CCSCCSCCCSC1CSC1. The van der Waals surface area contributed by atoms with E-state index < -0.39 is 0 Å². The average Bonchev–Trinajstić information content (AvgIpc) is 2.13. The molecule has 0 unspecified atom stereocenters. The van der Waals surface area contributed by atoms with Gasteiger partial charge in [-0.3, -0.25) is 0 Å². The molecule has 1 fully saturated rings. The Morgan fingerprint density at radius 3 is 2.50 bits per heavy atom. The van der Waals surface area contributed by atoms with Crippen LogP contribution in [0.25, 0.3) is 0 Å². The summed E-state index contributed by atoms with van der Waals surface area (Å²) >= 11 is 8.48. The van der Waals surface area contributed by atoms with E-state index in [1.54, 1.807) is 0 Å². The molecular formula is C10H20S4. The van der Waals surface area contributed by atoms with E-state index in [2.05, 4.69) is 54.0 Å². The predicted octanol–water partition coefficient (Wildman–Crippen LogP) is 3.71. The van der Waals surface area contributed by atoms with E-state index in [-0.39, 0.29) is 0 Å². The number of thioether (sulfide) groups is 4. The van der Waals surface area contributed by atoms with Crippen LogP contribution in [0.5, 0.6) is 0 Å².